The van der Waals surface area contributed by atoms with Gasteiger partial charge in [-0.25, -0.2) is 4.68 Å². The van der Waals surface area contributed by atoms with Crippen molar-refractivity contribution in [2.45, 2.75) is 26.5 Å². The van der Waals surface area contributed by atoms with Crippen molar-refractivity contribution in [3.05, 3.63) is 95.4 Å². The number of ether oxygens (including phenoxy) is 1. The van der Waals surface area contributed by atoms with Crippen LogP contribution in [0.2, 0.25) is 0 Å². The van der Waals surface area contributed by atoms with Gasteiger partial charge in [0.2, 0.25) is 0 Å². The van der Waals surface area contributed by atoms with Gasteiger partial charge in [-0.15, -0.1) is 0 Å². The predicted octanol–water partition coefficient (Wildman–Crippen LogP) is 6.32. The van der Waals surface area contributed by atoms with Gasteiger partial charge in [-0.3, -0.25) is 9.69 Å². The summed E-state index contributed by atoms with van der Waals surface area (Å²) in [6.07, 6.45) is 5.48. The van der Waals surface area contributed by atoms with Gasteiger partial charge >= 0.3 is 0 Å². The van der Waals surface area contributed by atoms with E-state index in [0.29, 0.717) is 21.5 Å². The Bertz CT molecular complexity index is 1380. The maximum Gasteiger partial charge on any atom is 0.266 e. The fourth-order valence-corrected chi connectivity index (χ4v) is 4.98. The molecule has 0 aliphatic carbocycles. The minimum absolute atomic E-state index is 0.0943. The monoisotopic (exact) mass is 501 g/mol. The van der Waals surface area contributed by atoms with E-state index in [-0.39, 0.29) is 12.0 Å². The third kappa shape index (κ3) is 5.08. The summed E-state index contributed by atoms with van der Waals surface area (Å²) in [5, 5.41) is 4.86. The smallest absolute Gasteiger partial charge is 0.266 e. The van der Waals surface area contributed by atoms with Crippen molar-refractivity contribution in [1.82, 2.24) is 14.7 Å². The van der Waals surface area contributed by atoms with Crippen molar-refractivity contribution in [2.24, 2.45) is 0 Å². The highest BCUT2D eigenvalue weighted by Gasteiger charge is 2.33. The number of furan rings is 1. The van der Waals surface area contributed by atoms with Crippen LogP contribution < -0.4 is 4.74 Å². The average Bonchev–Trinajstić information content (AvgIpc) is 3.57. The van der Waals surface area contributed by atoms with Crippen LogP contribution in [-0.2, 0) is 11.3 Å². The number of nitrogens with zero attached hydrogens (tertiary/aromatic N) is 3. The Labute approximate surface area is 213 Å². The summed E-state index contributed by atoms with van der Waals surface area (Å²) < 4.78 is 13.5. The van der Waals surface area contributed by atoms with Gasteiger partial charge in [-0.2, -0.15) is 5.10 Å². The Morgan fingerprint density at radius 3 is 2.54 bits per heavy atom. The third-order valence-corrected chi connectivity index (χ3v) is 6.69. The van der Waals surface area contributed by atoms with Crippen molar-refractivity contribution in [3.8, 4) is 22.7 Å². The first-order valence-corrected chi connectivity index (χ1v) is 12.4. The molecule has 35 heavy (non-hydrogen) atoms. The highest BCUT2D eigenvalue weighted by atomic mass is 32.2. The molecule has 1 saturated heterocycles. The molecule has 1 aliphatic heterocycles. The van der Waals surface area contributed by atoms with Crippen LogP contribution in [-0.4, -0.2) is 31.0 Å². The van der Waals surface area contributed by atoms with Crippen LogP contribution in [0.25, 0.3) is 23.0 Å². The number of aromatic nitrogens is 2. The van der Waals surface area contributed by atoms with Crippen LogP contribution in [0.15, 0.2) is 88.5 Å². The van der Waals surface area contributed by atoms with E-state index in [4.69, 9.17) is 26.5 Å². The molecule has 1 aliphatic rings. The number of thiocarbonyl (C=S) groups is 1. The lowest BCUT2D eigenvalue weighted by atomic mass is 10.1. The van der Waals surface area contributed by atoms with Crippen LogP contribution in [0.3, 0.4) is 0 Å². The zero-order chi connectivity index (χ0) is 24.4. The van der Waals surface area contributed by atoms with Crippen LogP contribution in [0, 0.1) is 0 Å². The van der Waals surface area contributed by atoms with E-state index < -0.39 is 0 Å². The van der Waals surface area contributed by atoms with Crippen molar-refractivity contribution in [2.75, 3.05) is 0 Å². The second-order valence-electron chi connectivity index (χ2n) is 8.25. The Morgan fingerprint density at radius 2 is 1.86 bits per heavy atom. The lowest BCUT2D eigenvalue weighted by Crippen LogP contribution is -2.27. The first-order valence-electron chi connectivity index (χ1n) is 11.2. The molecular weight excluding hydrogens is 478 g/mol. The number of amides is 1. The van der Waals surface area contributed by atoms with Gasteiger partial charge in [0.15, 0.2) is 0 Å². The minimum Gasteiger partial charge on any atom is -0.491 e. The largest absolute Gasteiger partial charge is 0.491 e. The van der Waals surface area contributed by atoms with E-state index in [1.807, 2.05) is 91.5 Å². The molecule has 2 aromatic carbocycles. The molecule has 1 amide bonds. The van der Waals surface area contributed by atoms with E-state index in [0.717, 1.165) is 28.3 Å². The fraction of sp³-hybridized carbons (Fsp3) is 0.148. The van der Waals surface area contributed by atoms with Crippen LogP contribution in [0.5, 0.6) is 5.75 Å². The summed E-state index contributed by atoms with van der Waals surface area (Å²) in [6, 6.07) is 21.3. The second-order valence-corrected chi connectivity index (χ2v) is 9.93. The predicted molar refractivity (Wildman–Crippen MR) is 142 cm³/mol. The van der Waals surface area contributed by atoms with Crippen molar-refractivity contribution >= 4 is 40.3 Å². The molecule has 5 rings (SSSR count). The zero-order valence-electron chi connectivity index (χ0n) is 19.3. The molecule has 1 fully saturated rings. The third-order valence-electron chi connectivity index (χ3n) is 5.32. The molecule has 0 atom stereocenters. The second kappa shape index (κ2) is 9.93. The summed E-state index contributed by atoms with van der Waals surface area (Å²) in [5.41, 5.74) is 3.44. The summed E-state index contributed by atoms with van der Waals surface area (Å²) in [4.78, 5) is 15.3. The molecule has 3 heterocycles. The normalized spacial score (nSPS) is 14.9. The van der Waals surface area contributed by atoms with E-state index in [1.165, 1.54) is 11.8 Å². The van der Waals surface area contributed by atoms with Crippen molar-refractivity contribution in [1.29, 1.82) is 0 Å². The highest BCUT2D eigenvalue weighted by molar-refractivity contribution is 8.26. The number of para-hydroxylation sites is 1. The molecule has 4 aromatic rings. The molecule has 6 nitrogen and oxygen atoms in total. The van der Waals surface area contributed by atoms with Gasteiger partial charge in [0.05, 0.1) is 35.2 Å². The Hall–Kier alpha value is -3.62. The molecule has 0 bridgehead atoms. The van der Waals surface area contributed by atoms with Crippen LogP contribution in [0.1, 0.15) is 25.2 Å². The average molecular weight is 502 g/mol. The number of carbonyl (C=O) groups is 1. The Morgan fingerprint density at radius 1 is 1.09 bits per heavy atom. The van der Waals surface area contributed by atoms with Crippen molar-refractivity contribution in [3.63, 3.8) is 0 Å². The number of carbonyl (C=O) groups excluding carboxylic acids is 1. The first kappa shape index (κ1) is 23.1. The molecule has 0 radical (unpaired) electrons. The topological polar surface area (TPSA) is 60.5 Å². The highest BCUT2D eigenvalue weighted by Crippen LogP contribution is 2.36. The van der Waals surface area contributed by atoms with Crippen LogP contribution in [0.4, 0.5) is 0 Å². The summed E-state index contributed by atoms with van der Waals surface area (Å²) in [5.74, 6) is 1.34. The fourth-order valence-electron chi connectivity index (χ4n) is 3.73. The number of hydrogen-bond donors (Lipinski definition) is 0. The molecule has 0 saturated carbocycles. The maximum atomic E-state index is 13.2. The van der Waals surface area contributed by atoms with E-state index in [9.17, 15) is 4.79 Å². The first-order chi connectivity index (χ1) is 17.0. The molecular formula is C27H23N3O3S2. The minimum atomic E-state index is -0.143. The number of benzene rings is 2. The van der Waals surface area contributed by atoms with Gasteiger partial charge in [-0.1, -0.05) is 42.2 Å². The maximum absolute atomic E-state index is 13.2. The summed E-state index contributed by atoms with van der Waals surface area (Å²) >= 11 is 6.78. The van der Waals surface area contributed by atoms with E-state index in [1.54, 1.807) is 17.2 Å². The number of thioether (sulfide) groups is 1. The Balaban J connectivity index is 1.51. The van der Waals surface area contributed by atoms with Gasteiger partial charge < -0.3 is 9.15 Å². The van der Waals surface area contributed by atoms with E-state index >= 15 is 0 Å². The Kier molecular flexibility index (Phi) is 6.57. The van der Waals surface area contributed by atoms with Crippen LogP contribution >= 0.6 is 24.0 Å². The molecule has 0 spiro atoms. The van der Waals surface area contributed by atoms with Crippen molar-refractivity contribution < 1.29 is 13.9 Å². The lowest BCUT2D eigenvalue weighted by Gasteiger charge is -2.12. The summed E-state index contributed by atoms with van der Waals surface area (Å²) in [6.45, 7) is 4.30. The molecule has 2 aromatic heterocycles. The summed E-state index contributed by atoms with van der Waals surface area (Å²) in [7, 11) is 0. The van der Waals surface area contributed by atoms with Gasteiger partial charge in [0.25, 0.3) is 5.91 Å². The lowest BCUT2D eigenvalue weighted by molar-refractivity contribution is -0.122. The number of hydrogen-bond acceptors (Lipinski definition) is 6. The molecule has 0 N–H and O–H groups in total. The SMILES string of the molecule is CC(C)Oc1ccc(-c2nn(-c3ccccc3)cc2/C=C2/SC(=S)N(Cc3ccco3)C2=O)cc1. The van der Waals surface area contributed by atoms with Gasteiger partial charge in [-0.05, 0) is 68.5 Å². The standard InChI is InChI=1S/C27H23N3O3S2/c1-18(2)33-22-12-10-19(11-13-22)25-20(16-30(28-25)21-7-4-3-5-8-21)15-24-26(31)29(27(34)35-24)17-23-9-6-14-32-23/h3-16,18H,17H2,1-2H3/b24-15+. The quantitative estimate of drug-likeness (QED) is 0.218. The van der Waals surface area contributed by atoms with Gasteiger partial charge in [0.1, 0.15) is 15.8 Å². The number of rotatable bonds is 7. The molecule has 8 heteroatoms. The zero-order valence-corrected chi connectivity index (χ0v) is 20.9. The van der Waals surface area contributed by atoms with Gasteiger partial charge in [0, 0.05) is 17.3 Å². The molecule has 176 valence electrons. The van der Waals surface area contributed by atoms with E-state index in [2.05, 4.69) is 0 Å². The molecule has 0 unspecified atom stereocenters.